The standard InChI is InChI=1S/C22H26N4O3/c23-19(29)18-14-4-3-5-15(14)21(25-10-8-22(12-27,13-28)9-11-25)26-17-7-2-1-6-16(17)24-20(18)26/h1-2,6-7,27-28H,3-5,8-13H2,(H2,23,29). The van der Waals surface area contributed by atoms with Crippen LogP contribution in [0.25, 0.3) is 16.7 Å². The van der Waals surface area contributed by atoms with E-state index in [4.69, 9.17) is 10.7 Å². The van der Waals surface area contributed by atoms with Gasteiger partial charge in [0.25, 0.3) is 5.91 Å². The normalized spacial score (nSPS) is 18.5. The fourth-order valence-electron chi connectivity index (χ4n) is 5.09. The van der Waals surface area contributed by atoms with Crippen LogP contribution in [0, 0.1) is 5.41 Å². The summed E-state index contributed by atoms with van der Waals surface area (Å²) in [6.45, 7) is 1.48. The molecule has 1 aromatic carbocycles. The Labute approximate surface area is 168 Å². The van der Waals surface area contributed by atoms with Crippen LogP contribution in [-0.4, -0.2) is 51.8 Å². The number of pyridine rings is 1. The number of nitrogens with two attached hydrogens (primary N) is 1. The Hall–Kier alpha value is -2.64. The number of aliphatic hydroxyl groups is 2. The number of piperidine rings is 1. The molecule has 152 valence electrons. The van der Waals surface area contributed by atoms with Gasteiger partial charge in [-0.3, -0.25) is 9.20 Å². The van der Waals surface area contributed by atoms with Gasteiger partial charge in [0.2, 0.25) is 0 Å². The zero-order valence-electron chi connectivity index (χ0n) is 16.4. The molecule has 0 saturated carbocycles. The number of para-hydroxylation sites is 2. The molecule has 0 unspecified atom stereocenters. The van der Waals surface area contributed by atoms with Gasteiger partial charge in [0.05, 0.1) is 29.8 Å². The Bertz CT molecular complexity index is 1110. The topological polar surface area (TPSA) is 104 Å². The number of primary amides is 1. The molecule has 0 atom stereocenters. The van der Waals surface area contributed by atoms with E-state index in [1.807, 2.05) is 24.3 Å². The molecule has 0 spiro atoms. The van der Waals surface area contributed by atoms with E-state index in [1.54, 1.807) is 0 Å². The molecule has 3 heterocycles. The quantitative estimate of drug-likeness (QED) is 0.624. The van der Waals surface area contributed by atoms with Crippen LogP contribution >= 0.6 is 0 Å². The molecule has 1 fully saturated rings. The number of imidazole rings is 1. The molecule has 5 rings (SSSR count). The second kappa shape index (κ2) is 6.71. The number of aromatic nitrogens is 2. The van der Waals surface area contributed by atoms with Crippen molar-refractivity contribution in [1.29, 1.82) is 0 Å². The third-order valence-electron chi connectivity index (χ3n) is 6.83. The molecule has 1 amide bonds. The lowest BCUT2D eigenvalue weighted by molar-refractivity contribution is 0.0339. The van der Waals surface area contributed by atoms with E-state index in [-0.39, 0.29) is 13.2 Å². The van der Waals surface area contributed by atoms with E-state index in [0.717, 1.165) is 67.6 Å². The maximum absolute atomic E-state index is 12.4. The number of hydrogen-bond donors (Lipinski definition) is 3. The average molecular weight is 394 g/mol. The summed E-state index contributed by atoms with van der Waals surface area (Å²) in [5.41, 5.74) is 10.6. The monoisotopic (exact) mass is 394 g/mol. The minimum atomic E-state index is -0.423. The van der Waals surface area contributed by atoms with Crippen LogP contribution in [0.5, 0.6) is 0 Å². The predicted molar refractivity (Wildman–Crippen MR) is 111 cm³/mol. The van der Waals surface area contributed by atoms with E-state index >= 15 is 0 Å². The number of fused-ring (bicyclic) bond motifs is 4. The maximum Gasteiger partial charge on any atom is 0.252 e. The lowest BCUT2D eigenvalue weighted by Gasteiger charge is -2.41. The van der Waals surface area contributed by atoms with Gasteiger partial charge >= 0.3 is 0 Å². The van der Waals surface area contributed by atoms with Crippen LogP contribution in [0.2, 0.25) is 0 Å². The molecule has 7 nitrogen and oxygen atoms in total. The first-order chi connectivity index (χ1) is 14.1. The predicted octanol–water partition coefficient (Wildman–Crippen LogP) is 1.65. The van der Waals surface area contributed by atoms with Crippen molar-refractivity contribution >= 4 is 28.4 Å². The summed E-state index contributed by atoms with van der Waals surface area (Å²) in [7, 11) is 0. The average Bonchev–Trinajstić information content (AvgIpc) is 3.36. The molecule has 4 N–H and O–H groups in total. The van der Waals surface area contributed by atoms with Gasteiger partial charge in [-0.1, -0.05) is 12.1 Å². The van der Waals surface area contributed by atoms with Crippen LogP contribution in [0.3, 0.4) is 0 Å². The van der Waals surface area contributed by atoms with Crippen molar-refractivity contribution in [2.24, 2.45) is 11.1 Å². The number of amides is 1. The molecular weight excluding hydrogens is 368 g/mol. The van der Waals surface area contributed by atoms with E-state index in [2.05, 4.69) is 9.30 Å². The van der Waals surface area contributed by atoms with Gasteiger partial charge in [-0.15, -0.1) is 0 Å². The van der Waals surface area contributed by atoms with Crippen molar-refractivity contribution in [3.05, 3.63) is 41.0 Å². The highest BCUT2D eigenvalue weighted by Crippen LogP contribution is 2.41. The van der Waals surface area contributed by atoms with Gasteiger partial charge in [-0.05, 0) is 55.4 Å². The van der Waals surface area contributed by atoms with Gasteiger partial charge in [-0.25, -0.2) is 4.98 Å². The number of nitrogens with zero attached hydrogens (tertiary/aromatic N) is 3. The summed E-state index contributed by atoms with van der Waals surface area (Å²) in [4.78, 5) is 19.5. The highest BCUT2D eigenvalue weighted by molar-refractivity contribution is 6.03. The molecule has 1 aliphatic carbocycles. The van der Waals surface area contributed by atoms with Crippen molar-refractivity contribution in [2.45, 2.75) is 32.1 Å². The molecule has 1 saturated heterocycles. The molecule has 1 aliphatic heterocycles. The number of anilines is 1. The smallest absolute Gasteiger partial charge is 0.252 e. The number of carbonyl (C=O) groups excluding carboxylic acids is 1. The fourth-order valence-corrected chi connectivity index (χ4v) is 5.09. The van der Waals surface area contributed by atoms with Crippen molar-refractivity contribution in [1.82, 2.24) is 9.38 Å². The van der Waals surface area contributed by atoms with Crippen LogP contribution in [-0.2, 0) is 12.8 Å². The van der Waals surface area contributed by atoms with Gasteiger partial charge in [0.15, 0.2) is 5.65 Å². The zero-order valence-corrected chi connectivity index (χ0v) is 16.4. The molecule has 2 aliphatic rings. The Kier molecular flexibility index (Phi) is 4.26. The van der Waals surface area contributed by atoms with E-state index in [1.165, 1.54) is 5.56 Å². The fraction of sp³-hybridized carbons (Fsp3) is 0.455. The van der Waals surface area contributed by atoms with Crippen molar-refractivity contribution in [3.63, 3.8) is 0 Å². The Morgan fingerprint density at radius 1 is 1.10 bits per heavy atom. The SMILES string of the molecule is NC(=O)c1c2c(c(N3CCC(CO)(CO)CC3)n3c1nc1ccccc13)CCC2. The van der Waals surface area contributed by atoms with Crippen LogP contribution in [0.1, 0.15) is 40.7 Å². The van der Waals surface area contributed by atoms with E-state index < -0.39 is 11.3 Å². The highest BCUT2D eigenvalue weighted by atomic mass is 16.3. The Morgan fingerprint density at radius 2 is 1.79 bits per heavy atom. The Morgan fingerprint density at radius 3 is 2.48 bits per heavy atom. The molecule has 2 aromatic heterocycles. The first-order valence-electron chi connectivity index (χ1n) is 10.3. The molecule has 0 radical (unpaired) electrons. The van der Waals surface area contributed by atoms with Gasteiger partial charge in [0.1, 0.15) is 5.82 Å². The largest absolute Gasteiger partial charge is 0.396 e. The molecular formula is C22H26N4O3. The summed E-state index contributed by atoms with van der Waals surface area (Å²) in [5, 5.41) is 19.6. The van der Waals surface area contributed by atoms with Crippen molar-refractivity contribution < 1.29 is 15.0 Å². The molecule has 29 heavy (non-hydrogen) atoms. The molecule has 3 aromatic rings. The van der Waals surface area contributed by atoms with Crippen molar-refractivity contribution in [3.8, 4) is 0 Å². The number of hydrogen-bond acceptors (Lipinski definition) is 5. The zero-order chi connectivity index (χ0) is 20.2. The van der Waals surface area contributed by atoms with Gasteiger partial charge < -0.3 is 20.8 Å². The minimum Gasteiger partial charge on any atom is -0.396 e. The molecule has 0 bridgehead atoms. The number of aliphatic hydroxyl groups excluding tert-OH is 2. The second-order valence-corrected chi connectivity index (χ2v) is 8.44. The van der Waals surface area contributed by atoms with Crippen LogP contribution < -0.4 is 10.6 Å². The number of benzene rings is 1. The highest BCUT2D eigenvalue weighted by Gasteiger charge is 2.36. The minimum absolute atomic E-state index is 0.000519. The van der Waals surface area contributed by atoms with Crippen molar-refractivity contribution in [2.75, 3.05) is 31.2 Å². The third-order valence-corrected chi connectivity index (χ3v) is 6.83. The summed E-state index contributed by atoms with van der Waals surface area (Å²) in [6, 6.07) is 7.92. The lowest BCUT2D eigenvalue weighted by atomic mass is 9.80. The first-order valence-corrected chi connectivity index (χ1v) is 10.3. The Balaban J connectivity index is 1.76. The maximum atomic E-state index is 12.4. The number of rotatable bonds is 4. The van der Waals surface area contributed by atoms with Crippen LogP contribution in [0.15, 0.2) is 24.3 Å². The van der Waals surface area contributed by atoms with Gasteiger partial charge in [-0.2, -0.15) is 0 Å². The van der Waals surface area contributed by atoms with E-state index in [0.29, 0.717) is 11.2 Å². The first kappa shape index (κ1) is 18.4. The van der Waals surface area contributed by atoms with Gasteiger partial charge in [0, 0.05) is 18.5 Å². The van der Waals surface area contributed by atoms with Crippen LogP contribution in [0.4, 0.5) is 5.82 Å². The summed E-state index contributed by atoms with van der Waals surface area (Å²) < 4.78 is 2.10. The molecule has 7 heteroatoms. The lowest BCUT2D eigenvalue weighted by Crippen LogP contribution is -2.45. The third kappa shape index (κ3) is 2.64. The number of carbonyl (C=O) groups is 1. The second-order valence-electron chi connectivity index (χ2n) is 8.44. The summed E-state index contributed by atoms with van der Waals surface area (Å²) in [5.74, 6) is 0.670. The van der Waals surface area contributed by atoms with E-state index in [9.17, 15) is 15.0 Å². The summed E-state index contributed by atoms with van der Waals surface area (Å²) in [6.07, 6.45) is 4.19. The summed E-state index contributed by atoms with van der Waals surface area (Å²) >= 11 is 0.